The van der Waals surface area contributed by atoms with Crippen LogP contribution in [-0.4, -0.2) is 0 Å². The Balaban J connectivity index is 4.10. The topological polar surface area (TPSA) is 119 Å². The van der Waals surface area contributed by atoms with Crippen LogP contribution in [0.15, 0.2) is 4.47 Å². The smallest absolute Gasteiger partial charge is 0.102 e. The molecule has 0 N–H and O–H groups in total. The summed E-state index contributed by atoms with van der Waals surface area (Å²) in [6, 6.07) is 8.54. The predicted molar refractivity (Wildman–Crippen MR) is 57.7 cm³/mol. The summed E-state index contributed by atoms with van der Waals surface area (Å²) >= 11 is 2.99. The summed E-state index contributed by atoms with van der Waals surface area (Å²) in [5.74, 6) is 0. The molecule has 0 radical (unpaired) electrons. The average Bonchev–Trinajstić information content (AvgIpc) is 2.36. The Bertz CT molecular complexity index is 660. The van der Waals surface area contributed by atoms with Crippen molar-refractivity contribution >= 4 is 15.9 Å². The van der Waals surface area contributed by atoms with Crippen molar-refractivity contribution < 1.29 is 0 Å². The van der Waals surface area contributed by atoms with Crippen LogP contribution < -0.4 is 0 Å². The summed E-state index contributed by atoms with van der Waals surface area (Å²) in [4.78, 5) is 0. The van der Waals surface area contributed by atoms with E-state index in [2.05, 4.69) is 15.9 Å². The first-order valence-electron chi connectivity index (χ1n) is 4.06. The van der Waals surface area contributed by atoms with Gasteiger partial charge in [-0.2, -0.15) is 26.3 Å². The molecule has 0 atom stereocenters. The second-order valence-electron chi connectivity index (χ2n) is 2.75. The average molecular weight is 282 g/mol. The minimum absolute atomic E-state index is 0.0644. The molecule has 0 aromatic heterocycles. The van der Waals surface area contributed by atoms with Crippen molar-refractivity contribution in [3.05, 3.63) is 32.3 Å². The van der Waals surface area contributed by atoms with Gasteiger partial charge in [0.15, 0.2) is 0 Å². The lowest BCUT2D eigenvalue weighted by atomic mass is 9.94. The summed E-state index contributed by atoms with van der Waals surface area (Å²) in [6.07, 6.45) is 0. The second-order valence-corrected chi connectivity index (χ2v) is 3.54. The van der Waals surface area contributed by atoms with Gasteiger partial charge >= 0.3 is 0 Å². The van der Waals surface area contributed by atoms with Crippen molar-refractivity contribution in [3.8, 4) is 30.3 Å². The number of nitrogens with zero attached hydrogens (tertiary/aromatic N) is 5. The highest BCUT2D eigenvalue weighted by Crippen LogP contribution is 2.30. The van der Waals surface area contributed by atoms with Crippen LogP contribution in [0.25, 0.3) is 0 Å². The number of nitriles is 5. The molecule has 0 heterocycles. The minimum Gasteiger partial charge on any atom is -0.192 e. The van der Waals surface area contributed by atoms with Gasteiger partial charge < -0.3 is 0 Å². The van der Waals surface area contributed by atoms with Crippen LogP contribution in [0.3, 0.4) is 0 Å². The quantitative estimate of drug-likeness (QED) is 0.718. The normalized spacial score (nSPS) is 8.00. The molecule has 0 saturated carbocycles. The zero-order valence-corrected chi connectivity index (χ0v) is 9.70. The van der Waals surface area contributed by atoms with Crippen LogP contribution in [0.4, 0.5) is 0 Å². The molecule has 76 valence electrons. The van der Waals surface area contributed by atoms with E-state index in [-0.39, 0.29) is 32.3 Å². The van der Waals surface area contributed by atoms with Crippen LogP contribution in [0.5, 0.6) is 0 Å². The lowest BCUT2D eigenvalue weighted by molar-refractivity contribution is 1.32. The summed E-state index contributed by atoms with van der Waals surface area (Å²) in [5.41, 5.74) is -0.861. The molecule has 0 aliphatic heterocycles. The van der Waals surface area contributed by atoms with Crippen molar-refractivity contribution in [1.29, 1.82) is 26.3 Å². The maximum absolute atomic E-state index is 8.91. The van der Waals surface area contributed by atoms with E-state index in [0.717, 1.165) is 0 Å². The number of hydrogen-bond acceptors (Lipinski definition) is 5. The summed E-state index contributed by atoms with van der Waals surface area (Å²) in [5, 5.41) is 44.5. The van der Waals surface area contributed by atoms with Gasteiger partial charge in [-0.3, -0.25) is 0 Å². The monoisotopic (exact) mass is 281 g/mol. The minimum atomic E-state index is -0.244. The lowest BCUT2D eigenvalue weighted by Crippen LogP contribution is -2.00. The third-order valence-corrected chi connectivity index (χ3v) is 2.79. The summed E-state index contributed by atoms with van der Waals surface area (Å²) in [7, 11) is 0. The Kier molecular flexibility index (Phi) is 3.44. The highest BCUT2D eigenvalue weighted by atomic mass is 79.9. The molecule has 0 unspecified atom stereocenters. The summed E-state index contributed by atoms with van der Waals surface area (Å²) in [6.45, 7) is 0. The first-order chi connectivity index (χ1) is 8.15. The lowest BCUT2D eigenvalue weighted by Gasteiger charge is -2.05. The Hall–Kier alpha value is -2.85. The fraction of sp³-hybridized carbons (Fsp3) is 0. The van der Waals surface area contributed by atoms with Crippen molar-refractivity contribution in [2.75, 3.05) is 0 Å². The van der Waals surface area contributed by atoms with Gasteiger partial charge in [0.05, 0.1) is 32.3 Å². The number of halogens is 1. The molecule has 0 aliphatic rings. The van der Waals surface area contributed by atoms with E-state index in [1.54, 1.807) is 30.3 Å². The highest BCUT2D eigenvalue weighted by molar-refractivity contribution is 9.10. The molecule has 1 aromatic carbocycles. The molecular weight excluding hydrogens is 282 g/mol. The van der Waals surface area contributed by atoms with Crippen molar-refractivity contribution in [1.82, 2.24) is 0 Å². The molecule has 0 spiro atoms. The van der Waals surface area contributed by atoms with Gasteiger partial charge in [0.1, 0.15) is 30.3 Å². The van der Waals surface area contributed by atoms with Gasteiger partial charge in [0, 0.05) is 0 Å². The first kappa shape index (κ1) is 12.2. The van der Waals surface area contributed by atoms with E-state index in [0.29, 0.717) is 0 Å². The molecule has 17 heavy (non-hydrogen) atoms. The van der Waals surface area contributed by atoms with Crippen LogP contribution >= 0.6 is 15.9 Å². The molecule has 0 bridgehead atoms. The van der Waals surface area contributed by atoms with Gasteiger partial charge in [0.2, 0.25) is 0 Å². The zero-order chi connectivity index (χ0) is 13.0. The third-order valence-electron chi connectivity index (χ3n) is 2.00. The molecular formula is C11BrN5. The second kappa shape index (κ2) is 4.78. The third kappa shape index (κ3) is 1.68. The van der Waals surface area contributed by atoms with E-state index >= 15 is 0 Å². The molecule has 0 aliphatic carbocycles. The number of benzene rings is 1. The van der Waals surface area contributed by atoms with E-state index in [1.807, 2.05) is 0 Å². The van der Waals surface area contributed by atoms with Gasteiger partial charge in [-0.15, -0.1) is 0 Å². The number of rotatable bonds is 0. The van der Waals surface area contributed by atoms with Gasteiger partial charge in [-0.1, -0.05) is 0 Å². The Morgan fingerprint density at radius 1 is 0.529 bits per heavy atom. The number of hydrogen-bond donors (Lipinski definition) is 0. The fourth-order valence-electron chi connectivity index (χ4n) is 1.26. The van der Waals surface area contributed by atoms with Crippen molar-refractivity contribution in [2.45, 2.75) is 0 Å². The largest absolute Gasteiger partial charge is 0.192 e. The molecule has 5 nitrogen and oxygen atoms in total. The first-order valence-corrected chi connectivity index (χ1v) is 4.85. The van der Waals surface area contributed by atoms with Gasteiger partial charge in [-0.05, 0) is 15.9 Å². The van der Waals surface area contributed by atoms with E-state index in [1.165, 1.54) is 0 Å². The van der Waals surface area contributed by atoms with E-state index < -0.39 is 0 Å². The molecule has 0 fully saturated rings. The molecule has 1 aromatic rings. The van der Waals surface area contributed by atoms with E-state index in [9.17, 15) is 0 Å². The van der Waals surface area contributed by atoms with Crippen LogP contribution in [0.2, 0.25) is 0 Å². The molecule has 0 amide bonds. The summed E-state index contributed by atoms with van der Waals surface area (Å²) < 4.78 is 0.0644. The predicted octanol–water partition coefficient (Wildman–Crippen LogP) is 1.81. The Morgan fingerprint density at radius 2 is 0.765 bits per heavy atom. The fourth-order valence-corrected chi connectivity index (χ4v) is 1.84. The van der Waals surface area contributed by atoms with Crippen LogP contribution in [-0.2, 0) is 0 Å². The SMILES string of the molecule is N#Cc1c(Br)c(C#N)c(C#N)c(C#N)c1C#N. The van der Waals surface area contributed by atoms with Crippen LogP contribution in [0.1, 0.15) is 27.8 Å². The highest BCUT2D eigenvalue weighted by Gasteiger charge is 2.22. The van der Waals surface area contributed by atoms with Gasteiger partial charge in [0.25, 0.3) is 0 Å². The van der Waals surface area contributed by atoms with Crippen molar-refractivity contribution in [3.63, 3.8) is 0 Å². The zero-order valence-electron chi connectivity index (χ0n) is 8.11. The van der Waals surface area contributed by atoms with Gasteiger partial charge in [-0.25, -0.2) is 0 Å². The maximum Gasteiger partial charge on any atom is 0.102 e. The maximum atomic E-state index is 8.91. The Labute approximate surface area is 105 Å². The molecule has 6 heteroatoms. The standard InChI is InChI=1S/C11BrN5/c12-11-9(4-16)7(2-14)6(1-13)8(3-15)10(11)5-17. The Morgan fingerprint density at radius 3 is 1.00 bits per heavy atom. The van der Waals surface area contributed by atoms with Crippen LogP contribution in [0, 0.1) is 56.7 Å². The van der Waals surface area contributed by atoms with E-state index in [4.69, 9.17) is 26.3 Å². The van der Waals surface area contributed by atoms with Crippen molar-refractivity contribution in [2.24, 2.45) is 0 Å². The molecule has 0 saturated heterocycles. The molecule has 1 rings (SSSR count).